The molecule has 9 aromatic carbocycles. The van der Waals surface area contributed by atoms with Crippen molar-refractivity contribution in [3.63, 3.8) is 0 Å². The molecule has 4 heterocycles. The van der Waals surface area contributed by atoms with Crippen molar-refractivity contribution in [2.45, 2.75) is 0 Å². The summed E-state index contributed by atoms with van der Waals surface area (Å²) in [5.74, 6) is 1.43. The Balaban J connectivity index is 1.30. The maximum atomic E-state index is 12.0. The van der Waals surface area contributed by atoms with Crippen LogP contribution in [0.2, 0.25) is 0 Å². The lowest BCUT2D eigenvalue weighted by molar-refractivity contribution is 1.03. The van der Waals surface area contributed by atoms with Crippen molar-refractivity contribution in [2.24, 2.45) is 0 Å². The van der Waals surface area contributed by atoms with E-state index >= 15 is 0 Å². The molecule has 0 radical (unpaired) electrons. The van der Waals surface area contributed by atoms with Crippen LogP contribution in [0.15, 0.2) is 212 Å². The average Bonchev–Trinajstić information content (AvgIpc) is 4.02. The second-order valence-corrected chi connectivity index (χ2v) is 16.3. The molecular formula is C58H35N7. The zero-order valence-electron chi connectivity index (χ0n) is 34.8. The van der Waals surface area contributed by atoms with Gasteiger partial charge < -0.3 is 13.7 Å². The lowest BCUT2D eigenvalue weighted by Gasteiger charge is -2.25. The molecule has 0 atom stereocenters. The average molecular weight is 830 g/mol. The summed E-state index contributed by atoms with van der Waals surface area (Å²) in [6.45, 7) is 0. The highest BCUT2D eigenvalue weighted by atomic mass is 15.1. The molecular weight excluding hydrogens is 795 g/mol. The van der Waals surface area contributed by atoms with Crippen LogP contribution in [0.1, 0.15) is 5.56 Å². The van der Waals surface area contributed by atoms with Crippen LogP contribution in [0, 0.1) is 11.3 Å². The predicted octanol–water partition coefficient (Wildman–Crippen LogP) is 14.0. The summed E-state index contributed by atoms with van der Waals surface area (Å²) in [4.78, 5) is 15.7. The Hall–Kier alpha value is -9.12. The van der Waals surface area contributed by atoms with E-state index in [1.807, 2.05) is 60.7 Å². The molecule has 7 heteroatoms. The summed E-state index contributed by atoms with van der Waals surface area (Å²) in [5.41, 5.74) is 11.2. The summed E-state index contributed by atoms with van der Waals surface area (Å²) in [6, 6.07) is 76.2. The van der Waals surface area contributed by atoms with Crippen molar-refractivity contribution in [2.75, 3.05) is 0 Å². The molecule has 0 bridgehead atoms. The molecule has 0 aliphatic rings. The standard InChI is InChI=1S/C58H35N7/c59-36-46-45(58-61-56(37-19-3-1-4-20-37)60-57(62-58)38-21-5-2-6-22-38)35-53(63-47-29-13-7-23-39(47)40-24-8-14-30-48(40)63)55(65-51-33-17-11-27-43(51)44-28-12-18-34-52(44)65)54(46)64-49-31-15-9-25-41(49)42-26-10-16-32-50(42)64/h1-35H. The molecule has 0 unspecified atom stereocenters. The molecule has 0 spiro atoms. The minimum Gasteiger partial charge on any atom is -0.307 e. The molecule has 0 amide bonds. The summed E-state index contributed by atoms with van der Waals surface area (Å²) in [6.07, 6.45) is 0. The van der Waals surface area contributed by atoms with E-state index in [4.69, 9.17) is 15.0 Å². The fourth-order valence-corrected chi connectivity index (χ4v) is 9.98. The molecule has 0 aliphatic carbocycles. The van der Waals surface area contributed by atoms with Gasteiger partial charge in [-0.25, -0.2) is 15.0 Å². The van der Waals surface area contributed by atoms with Crippen LogP contribution in [0.25, 0.3) is 117 Å². The molecule has 0 saturated heterocycles. The van der Waals surface area contributed by atoms with E-state index in [0.29, 0.717) is 34.3 Å². The fourth-order valence-electron chi connectivity index (χ4n) is 9.98. The number of para-hydroxylation sites is 6. The molecule has 4 aromatic heterocycles. The molecule has 0 aliphatic heterocycles. The van der Waals surface area contributed by atoms with Crippen LogP contribution < -0.4 is 0 Å². The Morgan fingerprint density at radius 1 is 0.323 bits per heavy atom. The van der Waals surface area contributed by atoms with Gasteiger partial charge in [0.2, 0.25) is 0 Å². The van der Waals surface area contributed by atoms with Gasteiger partial charge >= 0.3 is 0 Å². The van der Waals surface area contributed by atoms with Crippen molar-refractivity contribution in [3.05, 3.63) is 218 Å². The zero-order valence-corrected chi connectivity index (χ0v) is 34.8. The highest BCUT2D eigenvalue weighted by molar-refractivity contribution is 6.14. The van der Waals surface area contributed by atoms with Gasteiger partial charge in [0.05, 0.1) is 55.7 Å². The van der Waals surface area contributed by atoms with E-state index in [0.717, 1.165) is 87.9 Å². The number of nitrogens with zero attached hydrogens (tertiary/aromatic N) is 7. The molecule has 13 aromatic rings. The first-order valence-corrected chi connectivity index (χ1v) is 21.7. The fraction of sp³-hybridized carbons (Fsp3) is 0. The predicted molar refractivity (Wildman–Crippen MR) is 264 cm³/mol. The van der Waals surface area contributed by atoms with Gasteiger partial charge in [-0.1, -0.05) is 170 Å². The quantitative estimate of drug-likeness (QED) is 0.167. The van der Waals surface area contributed by atoms with Gasteiger partial charge in [-0.15, -0.1) is 0 Å². The highest BCUT2D eigenvalue weighted by Gasteiger charge is 2.30. The van der Waals surface area contributed by atoms with E-state index in [2.05, 4.69) is 171 Å². The lowest BCUT2D eigenvalue weighted by Crippen LogP contribution is -2.13. The molecule has 65 heavy (non-hydrogen) atoms. The molecule has 0 fully saturated rings. The third-order valence-corrected chi connectivity index (χ3v) is 12.7. The number of rotatable bonds is 6. The van der Waals surface area contributed by atoms with E-state index < -0.39 is 0 Å². The summed E-state index contributed by atoms with van der Waals surface area (Å²) in [7, 11) is 0. The SMILES string of the molecule is N#Cc1c(-c2nc(-c3ccccc3)nc(-c3ccccc3)n2)cc(-n2c3ccccc3c3ccccc32)c(-n2c3ccccc3c3ccccc32)c1-n1c2ccccc2c2ccccc21. The van der Waals surface area contributed by atoms with Crippen LogP contribution in [-0.2, 0) is 0 Å². The summed E-state index contributed by atoms with van der Waals surface area (Å²) < 4.78 is 7.02. The van der Waals surface area contributed by atoms with Gasteiger partial charge in [-0.3, -0.25) is 0 Å². The summed E-state index contributed by atoms with van der Waals surface area (Å²) in [5, 5.41) is 18.7. The first-order valence-electron chi connectivity index (χ1n) is 21.7. The largest absolute Gasteiger partial charge is 0.307 e. The van der Waals surface area contributed by atoms with E-state index in [1.165, 1.54) is 0 Å². The Bertz CT molecular complexity index is 3860. The van der Waals surface area contributed by atoms with Gasteiger partial charge in [-0.2, -0.15) is 5.26 Å². The van der Waals surface area contributed by atoms with Crippen molar-refractivity contribution < 1.29 is 0 Å². The third-order valence-electron chi connectivity index (χ3n) is 12.7. The number of fused-ring (bicyclic) bond motifs is 9. The second kappa shape index (κ2) is 14.5. The van der Waals surface area contributed by atoms with E-state index in [9.17, 15) is 5.26 Å². The van der Waals surface area contributed by atoms with Crippen molar-refractivity contribution in [1.82, 2.24) is 28.7 Å². The smallest absolute Gasteiger partial charge is 0.165 e. The van der Waals surface area contributed by atoms with Crippen LogP contribution in [0.5, 0.6) is 0 Å². The maximum Gasteiger partial charge on any atom is 0.165 e. The highest BCUT2D eigenvalue weighted by Crippen LogP contribution is 2.46. The molecule has 302 valence electrons. The number of hydrogen-bond donors (Lipinski definition) is 0. The van der Waals surface area contributed by atoms with Gasteiger partial charge in [0.15, 0.2) is 17.5 Å². The number of benzene rings is 9. The van der Waals surface area contributed by atoms with Crippen molar-refractivity contribution in [3.8, 4) is 57.3 Å². The van der Waals surface area contributed by atoms with Crippen LogP contribution in [-0.4, -0.2) is 28.7 Å². The molecule has 0 N–H and O–H groups in total. The van der Waals surface area contributed by atoms with Crippen molar-refractivity contribution in [1.29, 1.82) is 5.26 Å². The molecule has 0 saturated carbocycles. The third kappa shape index (κ3) is 5.51. The minimum atomic E-state index is 0.395. The Kier molecular flexibility index (Phi) is 8.14. The van der Waals surface area contributed by atoms with Gasteiger partial charge in [0.1, 0.15) is 6.07 Å². The first-order chi connectivity index (χ1) is 32.2. The van der Waals surface area contributed by atoms with Gasteiger partial charge in [-0.05, 0) is 42.5 Å². The maximum absolute atomic E-state index is 12.0. The molecule has 7 nitrogen and oxygen atoms in total. The van der Waals surface area contributed by atoms with Crippen LogP contribution in [0.4, 0.5) is 0 Å². The normalized spacial score (nSPS) is 11.7. The number of hydrogen-bond acceptors (Lipinski definition) is 4. The second-order valence-electron chi connectivity index (χ2n) is 16.3. The lowest BCUT2D eigenvalue weighted by atomic mass is 10.00. The topological polar surface area (TPSA) is 77.2 Å². The Morgan fingerprint density at radius 2 is 0.631 bits per heavy atom. The monoisotopic (exact) mass is 829 g/mol. The first kappa shape index (κ1) is 36.5. The van der Waals surface area contributed by atoms with Crippen LogP contribution >= 0.6 is 0 Å². The number of aromatic nitrogens is 6. The van der Waals surface area contributed by atoms with Gasteiger partial charge in [0.25, 0.3) is 0 Å². The van der Waals surface area contributed by atoms with Crippen LogP contribution in [0.3, 0.4) is 0 Å². The minimum absolute atomic E-state index is 0.395. The summed E-state index contributed by atoms with van der Waals surface area (Å²) >= 11 is 0. The molecule has 13 rings (SSSR count). The van der Waals surface area contributed by atoms with Gasteiger partial charge in [0, 0.05) is 49.0 Å². The Labute approximate surface area is 373 Å². The zero-order chi connectivity index (χ0) is 43.0. The van der Waals surface area contributed by atoms with E-state index in [-0.39, 0.29) is 0 Å². The number of nitriles is 1. The Morgan fingerprint density at radius 3 is 1.00 bits per heavy atom. The van der Waals surface area contributed by atoms with Crippen molar-refractivity contribution >= 4 is 65.4 Å². The van der Waals surface area contributed by atoms with E-state index in [1.54, 1.807) is 0 Å².